The summed E-state index contributed by atoms with van der Waals surface area (Å²) in [5.41, 5.74) is 6.45. The van der Waals surface area contributed by atoms with E-state index in [9.17, 15) is 4.21 Å². The number of anilines is 1. The number of nitrogen functional groups attached to an aromatic ring is 1. The molecule has 0 aliphatic rings. The Morgan fingerprint density at radius 1 is 1.38 bits per heavy atom. The minimum absolute atomic E-state index is 0.513. The van der Waals surface area contributed by atoms with Crippen molar-refractivity contribution in [1.29, 1.82) is 0 Å². The van der Waals surface area contributed by atoms with Gasteiger partial charge < -0.3 is 5.73 Å². The van der Waals surface area contributed by atoms with E-state index in [0.717, 1.165) is 22.2 Å². The lowest BCUT2D eigenvalue weighted by molar-refractivity contribution is 0.545. The van der Waals surface area contributed by atoms with Gasteiger partial charge in [0.2, 0.25) is 0 Å². The molecule has 1 rings (SSSR count). The van der Waals surface area contributed by atoms with Crippen LogP contribution >= 0.6 is 15.9 Å². The highest BCUT2D eigenvalue weighted by atomic mass is 79.9. The van der Waals surface area contributed by atoms with Crippen LogP contribution < -0.4 is 5.73 Å². The maximum Gasteiger partial charge on any atom is 0.0628 e. The van der Waals surface area contributed by atoms with Crippen molar-refractivity contribution in [3.8, 4) is 0 Å². The van der Waals surface area contributed by atoms with Crippen molar-refractivity contribution in [2.75, 3.05) is 11.5 Å². The lowest BCUT2D eigenvalue weighted by Gasteiger charge is -2.13. The lowest BCUT2D eigenvalue weighted by Crippen LogP contribution is -2.11. The van der Waals surface area contributed by atoms with Crippen molar-refractivity contribution in [2.45, 2.75) is 31.6 Å². The van der Waals surface area contributed by atoms with Crippen LogP contribution in [0.15, 0.2) is 27.6 Å². The fraction of sp³-hybridized carbons (Fsp3) is 0.500. The first-order valence-corrected chi connectivity index (χ1v) is 7.63. The number of hydrogen-bond donors (Lipinski definition) is 1. The number of rotatable bonds is 5. The zero-order chi connectivity index (χ0) is 12.1. The second kappa shape index (κ2) is 6.40. The van der Waals surface area contributed by atoms with E-state index in [0.29, 0.717) is 17.4 Å². The second-order valence-electron chi connectivity index (χ2n) is 3.88. The maximum atomic E-state index is 12.2. The van der Waals surface area contributed by atoms with E-state index in [2.05, 4.69) is 29.8 Å². The summed E-state index contributed by atoms with van der Waals surface area (Å²) in [4.78, 5) is 0.751. The number of halogens is 1. The molecule has 1 unspecified atom stereocenters. The summed E-state index contributed by atoms with van der Waals surface area (Å²) < 4.78 is 13.1. The van der Waals surface area contributed by atoms with Gasteiger partial charge in [-0.3, -0.25) is 4.21 Å². The molecule has 0 aromatic heterocycles. The van der Waals surface area contributed by atoms with Crippen LogP contribution in [0.5, 0.6) is 0 Å². The van der Waals surface area contributed by atoms with E-state index >= 15 is 0 Å². The number of benzene rings is 1. The van der Waals surface area contributed by atoms with Gasteiger partial charge >= 0.3 is 0 Å². The van der Waals surface area contributed by atoms with Crippen LogP contribution in [0.2, 0.25) is 0 Å². The molecular weight excluding hydrogens is 286 g/mol. The highest BCUT2D eigenvalue weighted by molar-refractivity contribution is 9.10. The van der Waals surface area contributed by atoms with E-state index in [1.807, 2.05) is 12.1 Å². The average Bonchev–Trinajstić information content (AvgIpc) is 2.28. The van der Waals surface area contributed by atoms with Gasteiger partial charge in [0.05, 0.1) is 15.7 Å². The topological polar surface area (TPSA) is 43.1 Å². The summed E-state index contributed by atoms with van der Waals surface area (Å²) in [5.74, 6) is 1.22. The van der Waals surface area contributed by atoms with Gasteiger partial charge in [-0.15, -0.1) is 0 Å². The quantitative estimate of drug-likeness (QED) is 0.845. The van der Waals surface area contributed by atoms with E-state index < -0.39 is 10.8 Å². The molecular formula is C12H18BrNOS. The molecule has 1 atom stereocenters. The molecule has 0 saturated carbocycles. The van der Waals surface area contributed by atoms with Crippen LogP contribution in [-0.2, 0) is 10.8 Å². The van der Waals surface area contributed by atoms with Crippen molar-refractivity contribution in [3.05, 3.63) is 22.7 Å². The Bertz CT molecular complexity index is 377. The SMILES string of the molecule is CCC(CC)CS(=O)c1cc(Br)ccc1N. The van der Waals surface area contributed by atoms with Crippen LogP contribution in [0.1, 0.15) is 26.7 Å². The Hall–Kier alpha value is -0.350. The molecule has 4 heteroatoms. The highest BCUT2D eigenvalue weighted by Crippen LogP contribution is 2.23. The zero-order valence-electron chi connectivity index (χ0n) is 9.70. The van der Waals surface area contributed by atoms with Gasteiger partial charge in [-0.1, -0.05) is 42.6 Å². The molecule has 0 fully saturated rings. The largest absolute Gasteiger partial charge is 0.398 e. The molecule has 2 N–H and O–H groups in total. The summed E-state index contributed by atoms with van der Waals surface area (Å²) >= 11 is 3.37. The third-order valence-corrected chi connectivity index (χ3v) is 4.87. The van der Waals surface area contributed by atoms with Gasteiger partial charge in [-0.2, -0.15) is 0 Å². The molecule has 0 bridgehead atoms. The third kappa shape index (κ3) is 3.59. The first-order chi connectivity index (χ1) is 7.58. The van der Waals surface area contributed by atoms with E-state index in [4.69, 9.17) is 5.73 Å². The summed E-state index contributed by atoms with van der Waals surface area (Å²) in [6.45, 7) is 4.27. The van der Waals surface area contributed by atoms with Crippen molar-refractivity contribution in [1.82, 2.24) is 0 Å². The molecule has 0 heterocycles. The third-order valence-electron chi connectivity index (χ3n) is 2.76. The molecule has 0 aliphatic heterocycles. The van der Waals surface area contributed by atoms with Gasteiger partial charge in [-0.05, 0) is 24.1 Å². The molecule has 0 amide bonds. The monoisotopic (exact) mass is 303 g/mol. The van der Waals surface area contributed by atoms with Crippen LogP contribution in [0.25, 0.3) is 0 Å². The zero-order valence-corrected chi connectivity index (χ0v) is 12.1. The standard InChI is InChI=1S/C12H18BrNOS/c1-3-9(4-2)8-16(15)12-7-10(13)5-6-11(12)14/h5-7,9H,3-4,8,14H2,1-2H3. The van der Waals surface area contributed by atoms with E-state index in [1.165, 1.54) is 0 Å². The Morgan fingerprint density at radius 3 is 2.56 bits per heavy atom. The number of nitrogens with two attached hydrogens (primary N) is 1. The highest BCUT2D eigenvalue weighted by Gasteiger charge is 2.13. The Balaban J connectivity index is 2.83. The van der Waals surface area contributed by atoms with Gasteiger partial charge in [-0.25, -0.2) is 0 Å². The number of hydrogen-bond acceptors (Lipinski definition) is 2. The Kier molecular flexibility index (Phi) is 5.49. The van der Waals surface area contributed by atoms with E-state index in [-0.39, 0.29) is 0 Å². The molecule has 1 aromatic carbocycles. The van der Waals surface area contributed by atoms with Crippen molar-refractivity contribution < 1.29 is 4.21 Å². The second-order valence-corrected chi connectivity index (χ2v) is 6.26. The first kappa shape index (κ1) is 13.7. The molecule has 0 saturated heterocycles. The van der Waals surface area contributed by atoms with Gasteiger partial charge in [0, 0.05) is 15.9 Å². The maximum absolute atomic E-state index is 12.2. The fourth-order valence-corrected chi connectivity index (χ4v) is 3.71. The van der Waals surface area contributed by atoms with Gasteiger partial charge in [0.1, 0.15) is 0 Å². The Labute approximate surface area is 108 Å². The molecule has 2 nitrogen and oxygen atoms in total. The minimum Gasteiger partial charge on any atom is -0.398 e. The van der Waals surface area contributed by atoms with E-state index in [1.54, 1.807) is 6.07 Å². The van der Waals surface area contributed by atoms with Crippen LogP contribution in [0.3, 0.4) is 0 Å². The average molecular weight is 304 g/mol. The lowest BCUT2D eigenvalue weighted by atomic mass is 10.1. The van der Waals surface area contributed by atoms with Crippen molar-refractivity contribution >= 4 is 32.4 Å². The normalized spacial score (nSPS) is 13.0. The van der Waals surface area contributed by atoms with Gasteiger partial charge in [0.15, 0.2) is 0 Å². The van der Waals surface area contributed by atoms with Crippen LogP contribution in [0.4, 0.5) is 5.69 Å². The summed E-state index contributed by atoms with van der Waals surface area (Å²) in [6, 6.07) is 5.52. The van der Waals surface area contributed by atoms with Crippen LogP contribution in [-0.4, -0.2) is 9.96 Å². The predicted molar refractivity (Wildman–Crippen MR) is 73.9 cm³/mol. The fourth-order valence-electron chi connectivity index (χ4n) is 1.53. The summed E-state index contributed by atoms with van der Waals surface area (Å²) in [7, 11) is -0.990. The van der Waals surface area contributed by atoms with Gasteiger partial charge in [0.25, 0.3) is 0 Å². The smallest absolute Gasteiger partial charge is 0.0628 e. The summed E-state index contributed by atoms with van der Waals surface area (Å²) in [6.07, 6.45) is 2.13. The Morgan fingerprint density at radius 2 is 2.00 bits per heavy atom. The minimum atomic E-state index is -0.990. The van der Waals surface area contributed by atoms with Crippen LogP contribution in [0, 0.1) is 5.92 Å². The first-order valence-electron chi connectivity index (χ1n) is 5.51. The molecule has 16 heavy (non-hydrogen) atoms. The predicted octanol–water partition coefficient (Wildman–Crippen LogP) is 3.58. The molecule has 1 aromatic rings. The molecule has 0 spiro atoms. The molecule has 90 valence electrons. The van der Waals surface area contributed by atoms with Crippen molar-refractivity contribution in [2.24, 2.45) is 5.92 Å². The molecule has 0 aliphatic carbocycles. The van der Waals surface area contributed by atoms with Crippen molar-refractivity contribution in [3.63, 3.8) is 0 Å². The summed E-state index contributed by atoms with van der Waals surface area (Å²) in [5, 5.41) is 0. The molecule has 0 radical (unpaired) electrons.